The number of carbonyl (C=O) groups is 2. The number of ether oxygens (including phenoxy) is 2. The largest absolute Gasteiger partial charge is 0.454 e. The fourth-order valence-electron chi connectivity index (χ4n) is 2.51. The molecule has 0 aliphatic rings. The SMILES string of the molecule is Cc1sc2nc([C@H](C)OC(=O)CCCNC(=O)OC(C)(C)C)[nH]c(=O)c2c1C. The van der Waals surface area contributed by atoms with E-state index in [0.717, 1.165) is 10.4 Å². The van der Waals surface area contributed by atoms with E-state index in [-0.39, 0.29) is 12.0 Å². The number of hydrogen-bond donors (Lipinski definition) is 2. The molecule has 0 radical (unpaired) electrons. The predicted molar refractivity (Wildman–Crippen MR) is 108 cm³/mol. The number of H-pyrrole nitrogens is 1. The van der Waals surface area contributed by atoms with Gasteiger partial charge >= 0.3 is 12.1 Å². The summed E-state index contributed by atoms with van der Waals surface area (Å²) in [7, 11) is 0. The van der Waals surface area contributed by atoms with Crippen molar-refractivity contribution in [2.75, 3.05) is 6.54 Å². The third-order valence-electron chi connectivity index (χ3n) is 3.98. The number of aryl methyl sites for hydroxylation is 2. The number of hydrogen-bond acceptors (Lipinski definition) is 7. The van der Waals surface area contributed by atoms with Crippen LogP contribution in [0.3, 0.4) is 0 Å². The van der Waals surface area contributed by atoms with Crippen molar-refractivity contribution in [2.24, 2.45) is 0 Å². The molecule has 2 aromatic rings. The number of amides is 1. The average molecular weight is 410 g/mol. The van der Waals surface area contributed by atoms with Crippen LogP contribution in [0, 0.1) is 13.8 Å². The number of aromatic amines is 1. The molecule has 154 valence electrons. The van der Waals surface area contributed by atoms with Crippen LogP contribution in [-0.2, 0) is 14.3 Å². The van der Waals surface area contributed by atoms with Gasteiger partial charge in [0.15, 0.2) is 11.9 Å². The highest BCUT2D eigenvalue weighted by Gasteiger charge is 2.19. The van der Waals surface area contributed by atoms with Crippen molar-refractivity contribution < 1.29 is 19.1 Å². The van der Waals surface area contributed by atoms with Crippen LogP contribution in [0.4, 0.5) is 4.79 Å². The van der Waals surface area contributed by atoms with Gasteiger partial charge in [-0.05, 0) is 53.5 Å². The van der Waals surface area contributed by atoms with E-state index in [1.54, 1.807) is 27.7 Å². The van der Waals surface area contributed by atoms with E-state index in [4.69, 9.17) is 9.47 Å². The van der Waals surface area contributed by atoms with Gasteiger partial charge in [-0.25, -0.2) is 9.78 Å². The molecular weight excluding hydrogens is 382 g/mol. The summed E-state index contributed by atoms with van der Waals surface area (Å²) in [5.74, 6) is -0.112. The molecule has 0 fully saturated rings. The molecule has 9 heteroatoms. The Bertz CT molecular complexity index is 926. The zero-order valence-electron chi connectivity index (χ0n) is 17.1. The fourth-order valence-corrected chi connectivity index (χ4v) is 3.55. The van der Waals surface area contributed by atoms with Gasteiger partial charge in [0.05, 0.1) is 5.39 Å². The average Bonchev–Trinajstić information content (AvgIpc) is 2.84. The van der Waals surface area contributed by atoms with E-state index >= 15 is 0 Å². The Morgan fingerprint density at radius 3 is 2.61 bits per heavy atom. The molecule has 2 aromatic heterocycles. The van der Waals surface area contributed by atoms with Crippen molar-refractivity contribution in [3.05, 3.63) is 26.6 Å². The summed E-state index contributed by atoms with van der Waals surface area (Å²) in [6.45, 7) is 11.1. The van der Waals surface area contributed by atoms with Crippen molar-refractivity contribution in [2.45, 2.75) is 66.1 Å². The molecule has 1 atom stereocenters. The zero-order chi connectivity index (χ0) is 21.1. The molecule has 1 amide bonds. The molecule has 8 nitrogen and oxygen atoms in total. The van der Waals surface area contributed by atoms with Crippen molar-refractivity contribution in [3.8, 4) is 0 Å². The minimum absolute atomic E-state index is 0.129. The third-order valence-corrected chi connectivity index (χ3v) is 5.08. The standard InChI is InChI=1S/C19H27N3O5S/c1-10-12(3)28-17-14(10)16(24)21-15(22-17)11(2)26-13(23)8-7-9-20-18(25)27-19(4,5)6/h11H,7-9H2,1-6H3,(H,20,25)(H,21,22,24)/t11-/m0/s1. The van der Waals surface area contributed by atoms with E-state index in [1.807, 2.05) is 13.8 Å². The number of esters is 1. The minimum Gasteiger partial charge on any atom is -0.454 e. The summed E-state index contributed by atoms with van der Waals surface area (Å²) in [6.07, 6.45) is -0.655. The van der Waals surface area contributed by atoms with Gasteiger partial charge < -0.3 is 19.8 Å². The summed E-state index contributed by atoms with van der Waals surface area (Å²) in [6, 6.07) is 0. The monoisotopic (exact) mass is 409 g/mol. The van der Waals surface area contributed by atoms with Gasteiger partial charge in [-0.1, -0.05) is 0 Å². The highest BCUT2D eigenvalue weighted by molar-refractivity contribution is 7.18. The van der Waals surface area contributed by atoms with Gasteiger partial charge in [0, 0.05) is 17.8 Å². The van der Waals surface area contributed by atoms with E-state index in [0.29, 0.717) is 29.0 Å². The summed E-state index contributed by atoms with van der Waals surface area (Å²) in [4.78, 5) is 44.7. The Hall–Kier alpha value is -2.42. The Morgan fingerprint density at radius 2 is 1.96 bits per heavy atom. The smallest absolute Gasteiger partial charge is 0.407 e. The lowest BCUT2D eigenvalue weighted by Gasteiger charge is -2.19. The number of nitrogens with one attached hydrogen (secondary N) is 2. The van der Waals surface area contributed by atoms with Gasteiger partial charge in [0.25, 0.3) is 5.56 Å². The number of carbonyl (C=O) groups excluding carboxylic acids is 2. The first kappa shape index (κ1) is 21.9. The van der Waals surface area contributed by atoms with Crippen molar-refractivity contribution >= 4 is 33.6 Å². The molecule has 0 aliphatic carbocycles. The molecule has 0 bridgehead atoms. The molecule has 0 saturated carbocycles. The van der Waals surface area contributed by atoms with E-state index in [9.17, 15) is 14.4 Å². The second-order valence-corrected chi connectivity index (χ2v) is 8.78. The number of fused-ring (bicyclic) bond motifs is 1. The number of alkyl carbamates (subject to hydrolysis) is 1. The maximum absolute atomic E-state index is 12.3. The van der Waals surface area contributed by atoms with E-state index in [1.165, 1.54) is 11.3 Å². The van der Waals surface area contributed by atoms with Crippen LogP contribution in [0.1, 0.15) is 62.9 Å². The van der Waals surface area contributed by atoms with Crippen LogP contribution in [0.25, 0.3) is 10.2 Å². The molecule has 2 N–H and O–H groups in total. The molecular formula is C19H27N3O5S. The molecule has 2 rings (SSSR count). The predicted octanol–water partition coefficient (Wildman–Crippen LogP) is 3.51. The number of thiophene rings is 1. The van der Waals surface area contributed by atoms with Crippen molar-refractivity contribution in [1.82, 2.24) is 15.3 Å². The van der Waals surface area contributed by atoms with Crippen molar-refractivity contribution in [3.63, 3.8) is 0 Å². The van der Waals surface area contributed by atoms with Gasteiger partial charge in [0.1, 0.15) is 10.4 Å². The number of rotatable bonds is 6. The van der Waals surface area contributed by atoms with Gasteiger partial charge in [-0.3, -0.25) is 9.59 Å². The first-order chi connectivity index (χ1) is 13.0. The van der Waals surface area contributed by atoms with Crippen molar-refractivity contribution in [1.29, 1.82) is 0 Å². The summed E-state index contributed by atoms with van der Waals surface area (Å²) in [5.41, 5.74) is 0.122. The molecule has 2 heterocycles. The molecule has 0 aromatic carbocycles. The summed E-state index contributed by atoms with van der Waals surface area (Å²) >= 11 is 1.44. The Kier molecular flexibility index (Phi) is 6.82. The summed E-state index contributed by atoms with van der Waals surface area (Å²) in [5, 5.41) is 3.17. The molecule has 28 heavy (non-hydrogen) atoms. The molecule has 0 spiro atoms. The maximum atomic E-state index is 12.3. The first-order valence-electron chi connectivity index (χ1n) is 9.14. The third kappa shape index (κ3) is 5.79. The Labute approximate surface area is 167 Å². The highest BCUT2D eigenvalue weighted by Crippen LogP contribution is 2.27. The van der Waals surface area contributed by atoms with E-state index in [2.05, 4.69) is 15.3 Å². The lowest BCUT2D eigenvalue weighted by atomic mass is 10.2. The second kappa shape index (κ2) is 8.72. The summed E-state index contributed by atoms with van der Waals surface area (Å²) < 4.78 is 10.5. The van der Waals surface area contributed by atoms with Gasteiger partial charge in [0.2, 0.25) is 0 Å². The molecule has 0 unspecified atom stereocenters. The van der Waals surface area contributed by atoms with Crippen LogP contribution < -0.4 is 10.9 Å². The lowest BCUT2D eigenvalue weighted by Crippen LogP contribution is -2.33. The first-order valence-corrected chi connectivity index (χ1v) is 9.96. The fraction of sp³-hybridized carbons (Fsp3) is 0.579. The highest BCUT2D eigenvalue weighted by atomic mass is 32.1. The quantitative estimate of drug-likeness (QED) is 0.558. The maximum Gasteiger partial charge on any atom is 0.407 e. The normalized spacial score (nSPS) is 12.6. The van der Waals surface area contributed by atoms with Crippen LogP contribution in [-0.4, -0.2) is 34.2 Å². The topological polar surface area (TPSA) is 110 Å². The number of nitrogens with zero attached hydrogens (tertiary/aromatic N) is 1. The van der Waals surface area contributed by atoms with Gasteiger partial charge in [-0.15, -0.1) is 11.3 Å². The lowest BCUT2D eigenvalue weighted by molar-refractivity contribution is -0.149. The second-order valence-electron chi connectivity index (χ2n) is 7.58. The Morgan fingerprint density at radius 1 is 1.29 bits per heavy atom. The molecule has 0 saturated heterocycles. The zero-order valence-corrected chi connectivity index (χ0v) is 17.9. The number of aromatic nitrogens is 2. The Balaban J connectivity index is 1.86. The van der Waals surface area contributed by atoms with E-state index < -0.39 is 23.8 Å². The minimum atomic E-state index is -0.675. The van der Waals surface area contributed by atoms with Crippen LogP contribution >= 0.6 is 11.3 Å². The molecule has 0 aliphatic heterocycles. The van der Waals surface area contributed by atoms with Crippen LogP contribution in [0.2, 0.25) is 0 Å². The van der Waals surface area contributed by atoms with Gasteiger partial charge in [-0.2, -0.15) is 0 Å². The van der Waals surface area contributed by atoms with Crippen LogP contribution in [0.15, 0.2) is 4.79 Å². The van der Waals surface area contributed by atoms with Crippen LogP contribution in [0.5, 0.6) is 0 Å².